The summed E-state index contributed by atoms with van der Waals surface area (Å²) in [5, 5.41) is 0. The first-order chi connectivity index (χ1) is 4.61. The monoisotopic (exact) mass is 138 g/mol. The van der Waals surface area contributed by atoms with E-state index in [-0.39, 0.29) is 0 Å². The van der Waals surface area contributed by atoms with Crippen molar-refractivity contribution >= 4 is 5.69 Å². The Balaban J connectivity index is 3.03. The highest BCUT2D eigenvalue weighted by Crippen LogP contribution is 2.17. The number of nitrogens with one attached hydrogen (secondary N) is 1. The molecular formula is C8H14N2. The van der Waals surface area contributed by atoms with Gasteiger partial charge in [-0.15, -0.1) is 0 Å². The summed E-state index contributed by atoms with van der Waals surface area (Å²) in [4.78, 5) is 5.36. The van der Waals surface area contributed by atoms with Crippen LogP contribution in [0.1, 0.15) is 11.4 Å². The molecule has 1 heterocycles. The van der Waals surface area contributed by atoms with Crippen LogP contribution in [0.3, 0.4) is 0 Å². The van der Waals surface area contributed by atoms with Gasteiger partial charge in [-0.3, -0.25) is 0 Å². The fourth-order valence-corrected chi connectivity index (χ4v) is 1.17. The van der Waals surface area contributed by atoms with E-state index in [0.717, 1.165) is 0 Å². The van der Waals surface area contributed by atoms with Crippen molar-refractivity contribution in [1.82, 2.24) is 4.98 Å². The molecule has 0 atom stereocenters. The van der Waals surface area contributed by atoms with Crippen LogP contribution < -0.4 is 4.90 Å². The number of H-pyrrole nitrogens is 1. The maximum absolute atomic E-state index is 3.25. The topological polar surface area (TPSA) is 19.0 Å². The van der Waals surface area contributed by atoms with Crippen molar-refractivity contribution in [2.24, 2.45) is 0 Å². The first kappa shape index (κ1) is 7.19. The van der Waals surface area contributed by atoms with Gasteiger partial charge in [-0.1, -0.05) is 0 Å². The summed E-state index contributed by atoms with van der Waals surface area (Å²) in [6.07, 6.45) is 0. The summed E-state index contributed by atoms with van der Waals surface area (Å²) in [7, 11) is 4.10. The van der Waals surface area contributed by atoms with E-state index >= 15 is 0 Å². The van der Waals surface area contributed by atoms with Gasteiger partial charge in [-0.25, -0.2) is 0 Å². The van der Waals surface area contributed by atoms with Crippen molar-refractivity contribution in [3.05, 3.63) is 17.5 Å². The third kappa shape index (κ3) is 1.15. The van der Waals surface area contributed by atoms with Crippen LogP contribution in [0.15, 0.2) is 6.07 Å². The molecule has 1 N–H and O–H groups in total. The zero-order valence-electron chi connectivity index (χ0n) is 7.02. The van der Waals surface area contributed by atoms with Gasteiger partial charge in [0.05, 0.1) is 5.69 Å². The molecular weight excluding hydrogens is 124 g/mol. The molecule has 1 rings (SSSR count). The molecule has 1 aromatic heterocycles. The van der Waals surface area contributed by atoms with Crippen LogP contribution in [-0.4, -0.2) is 19.1 Å². The lowest BCUT2D eigenvalue weighted by Gasteiger charge is -2.10. The highest BCUT2D eigenvalue weighted by Gasteiger charge is 2.01. The highest BCUT2D eigenvalue weighted by atomic mass is 15.1. The predicted molar refractivity (Wildman–Crippen MR) is 44.6 cm³/mol. The molecule has 0 aliphatic heterocycles. The van der Waals surface area contributed by atoms with Gasteiger partial charge >= 0.3 is 0 Å². The van der Waals surface area contributed by atoms with Crippen molar-refractivity contribution < 1.29 is 0 Å². The molecule has 0 aliphatic rings. The van der Waals surface area contributed by atoms with E-state index in [9.17, 15) is 0 Å². The standard InChI is InChI=1S/C8H14N2/c1-6-5-8(10(3)4)7(2)9-6/h5,9H,1-4H3. The van der Waals surface area contributed by atoms with Gasteiger partial charge in [0.15, 0.2) is 0 Å². The lowest BCUT2D eigenvalue weighted by Crippen LogP contribution is -2.08. The average Bonchev–Trinajstić information content (AvgIpc) is 2.10. The van der Waals surface area contributed by atoms with Crippen molar-refractivity contribution in [3.63, 3.8) is 0 Å². The molecule has 0 spiro atoms. The molecule has 0 amide bonds. The number of aromatic nitrogens is 1. The van der Waals surface area contributed by atoms with Gasteiger partial charge in [0.25, 0.3) is 0 Å². The van der Waals surface area contributed by atoms with E-state index in [1.165, 1.54) is 17.1 Å². The largest absolute Gasteiger partial charge is 0.376 e. The Kier molecular flexibility index (Phi) is 1.70. The molecule has 0 aromatic carbocycles. The quantitative estimate of drug-likeness (QED) is 0.625. The van der Waals surface area contributed by atoms with Crippen LogP contribution in [0.25, 0.3) is 0 Å². The second-order valence-electron chi connectivity index (χ2n) is 2.86. The van der Waals surface area contributed by atoms with E-state index in [1.807, 2.05) is 0 Å². The smallest absolute Gasteiger partial charge is 0.0571 e. The fourth-order valence-electron chi connectivity index (χ4n) is 1.17. The lowest BCUT2D eigenvalue weighted by molar-refractivity contribution is 1.10. The van der Waals surface area contributed by atoms with Gasteiger partial charge in [-0.05, 0) is 19.9 Å². The second-order valence-corrected chi connectivity index (χ2v) is 2.86. The zero-order valence-corrected chi connectivity index (χ0v) is 7.02. The van der Waals surface area contributed by atoms with Crippen LogP contribution in [0.2, 0.25) is 0 Å². The highest BCUT2D eigenvalue weighted by molar-refractivity contribution is 5.51. The van der Waals surface area contributed by atoms with Crippen LogP contribution in [0, 0.1) is 13.8 Å². The number of hydrogen-bond donors (Lipinski definition) is 1. The zero-order chi connectivity index (χ0) is 7.72. The maximum Gasteiger partial charge on any atom is 0.0571 e. The van der Waals surface area contributed by atoms with E-state index in [4.69, 9.17) is 0 Å². The number of aromatic amines is 1. The molecule has 0 fully saturated rings. The lowest BCUT2D eigenvalue weighted by atomic mass is 10.3. The maximum atomic E-state index is 3.25. The summed E-state index contributed by atoms with van der Waals surface area (Å²) in [5.74, 6) is 0. The summed E-state index contributed by atoms with van der Waals surface area (Å²) in [6.45, 7) is 4.16. The Morgan fingerprint density at radius 1 is 1.30 bits per heavy atom. The molecule has 0 saturated carbocycles. The van der Waals surface area contributed by atoms with Gasteiger partial charge in [-0.2, -0.15) is 0 Å². The Labute approximate surface area is 61.9 Å². The molecule has 0 aliphatic carbocycles. The summed E-state index contributed by atoms with van der Waals surface area (Å²) in [6, 6.07) is 2.15. The number of hydrogen-bond acceptors (Lipinski definition) is 1. The Bertz CT molecular complexity index is 223. The molecule has 10 heavy (non-hydrogen) atoms. The van der Waals surface area contributed by atoms with E-state index in [1.54, 1.807) is 0 Å². The molecule has 56 valence electrons. The minimum atomic E-state index is 1.22. The fraction of sp³-hybridized carbons (Fsp3) is 0.500. The van der Waals surface area contributed by atoms with Crippen molar-refractivity contribution in [2.45, 2.75) is 13.8 Å². The third-order valence-corrected chi connectivity index (χ3v) is 1.60. The number of aryl methyl sites for hydroxylation is 2. The first-order valence-electron chi connectivity index (χ1n) is 3.45. The van der Waals surface area contributed by atoms with Gasteiger partial charge in [0.1, 0.15) is 0 Å². The Morgan fingerprint density at radius 2 is 1.90 bits per heavy atom. The van der Waals surface area contributed by atoms with E-state index in [2.05, 4.69) is 43.9 Å². The Hall–Kier alpha value is -0.920. The van der Waals surface area contributed by atoms with Crippen LogP contribution >= 0.6 is 0 Å². The van der Waals surface area contributed by atoms with Crippen molar-refractivity contribution in [3.8, 4) is 0 Å². The van der Waals surface area contributed by atoms with Crippen molar-refractivity contribution in [1.29, 1.82) is 0 Å². The molecule has 0 radical (unpaired) electrons. The van der Waals surface area contributed by atoms with Crippen LogP contribution in [0.4, 0.5) is 5.69 Å². The summed E-state index contributed by atoms with van der Waals surface area (Å²) < 4.78 is 0. The van der Waals surface area contributed by atoms with Gasteiger partial charge in [0.2, 0.25) is 0 Å². The molecule has 2 heteroatoms. The molecule has 2 nitrogen and oxygen atoms in total. The number of nitrogens with zero attached hydrogens (tertiary/aromatic N) is 1. The van der Waals surface area contributed by atoms with Gasteiger partial charge in [0, 0.05) is 25.5 Å². The number of anilines is 1. The predicted octanol–water partition coefficient (Wildman–Crippen LogP) is 1.70. The average molecular weight is 138 g/mol. The molecule has 0 bridgehead atoms. The van der Waals surface area contributed by atoms with E-state index in [0.29, 0.717) is 0 Å². The molecule has 0 unspecified atom stereocenters. The SMILES string of the molecule is Cc1cc(N(C)C)c(C)[nH]1. The second kappa shape index (κ2) is 2.37. The summed E-state index contributed by atoms with van der Waals surface area (Å²) >= 11 is 0. The normalized spacial score (nSPS) is 10.0. The molecule has 0 saturated heterocycles. The third-order valence-electron chi connectivity index (χ3n) is 1.60. The first-order valence-corrected chi connectivity index (χ1v) is 3.45. The molecule has 1 aromatic rings. The van der Waals surface area contributed by atoms with E-state index < -0.39 is 0 Å². The van der Waals surface area contributed by atoms with Crippen LogP contribution in [0.5, 0.6) is 0 Å². The minimum Gasteiger partial charge on any atom is -0.376 e. The summed E-state index contributed by atoms with van der Waals surface area (Å²) in [5.41, 5.74) is 3.74. The minimum absolute atomic E-state index is 1.22. The van der Waals surface area contributed by atoms with Crippen LogP contribution in [-0.2, 0) is 0 Å². The van der Waals surface area contributed by atoms with Crippen molar-refractivity contribution in [2.75, 3.05) is 19.0 Å². The van der Waals surface area contributed by atoms with Gasteiger partial charge < -0.3 is 9.88 Å². The number of rotatable bonds is 1. The Morgan fingerprint density at radius 3 is 2.10 bits per heavy atom.